The first-order valence-electron chi connectivity index (χ1n) is 11.7. The summed E-state index contributed by atoms with van der Waals surface area (Å²) in [5.74, 6) is 3.86. The molecule has 1 nitrogen and oxygen atoms in total. The van der Waals surface area contributed by atoms with Gasteiger partial charge in [-0.05, 0) is 80.8 Å². The summed E-state index contributed by atoms with van der Waals surface area (Å²) in [5, 5.41) is 0.140. The van der Waals surface area contributed by atoms with Crippen LogP contribution in [0.15, 0.2) is 12.1 Å². The monoisotopic (exact) mass is 408 g/mol. The van der Waals surface area contributed by atoms with Crippen molar-refractivity contribution >= 4 is 11.6 Å². The van der Waals surface area contributed by atoms with Gasteiger partial charge in [-0.3, -0.25) is 0 Å². The Morgan fingerprint density at radius 2 is 1.46 bits per heavy atom. The molecule has 1 aromatic rings. The fraction of sp³-hybridized carbons (Fsp3) is 0.760. The summed E-state index contributed by atoms with van der Waals surface area (Å²) in [6.45, 7) is 4.71. The maximum Gasteiger partial charge on any atom is 0.148 e. The molecular weight excluding hydrogens is 371 g/mol. The van der Waals surface area contributed by atoms with Crippen LogP contribution in [0.3, 0.4) is 0 Å². The molecule has 2 aliphatic carbocycles. The van der Waals surface area contributed by atoms with Crippen LogP contribution in [-0.4, -0.2) is 6.61 Å². The van der Waals surface area contributed by atoms with Crippen molar-refractivity contribution in [2.24, 2.45) is 23.7 Å². The molecule has 0 aromatic heterocycles. The number of halogens is 2. The zero-order valence-electron chi connectivity index (χ0n) is 17.8. The minimum Gasteiger partial charge on any atom is -0.492 e. The van der Waals surface area contributed by atoms with Crippen molar-refractivity contribution in [1.82, 2.24) is 0 Å². The van der Waals surface area contributed by atoms with Crippen molar-refractivity contribution in [2.75, 3.05) is 6.61 Å². The molecule has 0 unspecified atom stereocenters. The highest BCUT2D eigenvalue weighted by molar-refractivity contribution is 6.32. The van der Waals surface area contributed by atoms with Gasteiger partial charge in [0, 0.05) is 0 Å². The molecule has 0 amide bonds. The highest BCUT2D eigenvalue weighted by Crippen LogP contribution is 2.43. The highest BCUT2D eigenvalue weighted by atomic mass is 35.5. The first kappa shape index (κ1) is 21.9. The van der Waals surface area contributed by atoms with Crippen LogP contribution in [-0.2, 0) is 6.42 Å². The van der Waals surface area contributed by atoms with Crippen LogP contribution in [0.25, 0.3) is 0 Å². The van der Waals surface area contributed by atoms with Crippen LogP contribution in [0.4, 0.5) is 4.39 Å². The third-order valence-electron chi connectivity index (χ3n) is 7.40. The van der Waals surface area contributed by atoms with Gasteiger partial charge in [0.25, 0.3) is 0 Å². The summed E-state index contributed by atoms with van der Waals surface area (Å²) in [6, 6.07) is 3.67. The van der Waals surface area contributed by atoms with E-state index in [-0.39, 0.29) is 10.8 Å². The van der Waals surface area contributed by atoms with E-state index in [1.807, 2.05) is 19.1 Å². The van der Waals surface area contributed by atoms with Crippen LogP contribution >= 0.6 is 11.6 Å². The molecule has 158 valence electrons. The van der Waals surface area contributed by atoms with E-state index in [9.17, 15) is 4.39 Å². The molecule has 1 aromatic carbocycles. The third kappa shape index (κ3) is 5.65. The SMILES string of the molecule is CCCC1CCC(C2CCC(CCc3ccc(OCC)c(Cl)c3F)CC2)CC1. The van der Waals surface area contributed by atoms with Crippen molar-refractivity contribution in [3.63, 3.8) is 0 Å². The lowest BCUT2D eigenvalue weighted by Gasteiger charge is -2.38. The van der Waals surface area contributed by atoms with Gasteiger partial charge in [0.1, 0.15) is 16.6 Å². The summed E-state index contributed by atoms with van der Waals surface area (Å²) in [4.78, 5) is 0. The molecule has 3 rings (SSSR count). The Morgan fingerprint density at radius 1 is 0.893 bits per heavy atom. The van der Waals surface area contributed by atoms with E-state index in [0.29, 0.717) is 12.4 Å². The zero-order chi connectivity index (χ0) is 19.9. The van der Waals surface area contributed by atoms with Crippen molar-refractivity contribution in [3.8, 4) is 5.75 Å². The molecule has 2 aliphatic rings. The molecule has 2 saturated carbocycles. The van der Waals surface area contributed by atoms with E-state index in [4.69, 9.17) is 16.3 Å². The summed E-state index contributed by atoms with van der Waals surface area (Å²) in [5.41, 5.74) is 0.741. The summed E-state index contributed by atoms with van der Waals surface area (Å²) in [6.07, 6.45) is 16.0. The van der Waals surface area contributed by atoms with Gasteiger partial charge in [-0.2, -0.15) is 0 Å². The molecule has 0 N–H and O–H groups in total. The van der Waals surface area contributed by atoms with Gasteiger partial charge in [0.2, 0.25) is 0 Å². The topological polar surface area (TPSA) is 9.23 Å². The lowest BCUT2D eigenvalue weighted by atomic mass is 9.68. The second-order valence-electron chi connectivity index (χ2n) is 9.17. The van der Waals surface area contributed by atoms with Gasteiger partial charge in [-0.1, -0.05) is 63.1 Å². The Balaban J connectivity index is 1.42. The summed E-state index contributed by atoms with van der Waals surface area (Å²) in [7, 11) is 0. The first-order chi connectivity index (χ1) is 13.6. The van der Waals surface area contributed by atoms with Crippen molar-refractivity contribution < 1.29 is 9.13 Å². The van der Waals surface area contributed by atoms with Gasteiger partial charge >= 0.3 is 0 Å². The third-order valence-corrected chi connectivity index (χ3v) is 7.75. The van der Waals surface area contributed by atoms with Gasteiger partial charge in [-0.25, -0.2) is 4.39 Å². The molecule has 28 heavy (non-hydrogen) atoms. The fourth-order valence-electron chi connectivity index (χ4n) is 5.70. The molecule has 0 heterocycles. The molecule has 2 fully saturated rings. The average molecular weight is 409 g/mol. The lowest BCUT2D eigenvalue weighted by Crippen LogP contribution is -2.26. The lowest BCUT2D eigenvalue weighted by molar-refractivity contribution is 0.141. The van der Waals surface area contributed by atoms with Crippen LogP contribution in [0, 0.1) is 29.5 Å². The number of rotatable bonds is 8. The predicted molar refractivity (Wildman–Crippen MR) is 117 cm³/mol. The molecule has 3 heteroatoms. The normalized spacial score (nSPS) is 28.3. The van der Waals surface area contributed by atoms with Crippen LogP contribution in [0.1, 0.15) is 90.0 Å². The van der Waals surface area contributed by atoms with E-state index in [0.717, 1.165) is 42.1 Å². The minimum atomic E-state index is -0.287. The fourth-order valence-corrected chi connectivity index (χ4v) is 5.94. The number of hydrogen-bond acceptors (Lipinski definition) is 1. The maximum absolute atomic E-state index is 14.5. The molecule has 0 bridgehead atoms. The van der Waals surface area contributed by atoms with E-state index >= 15 is 0 Å². The standard InChI is InChI=1S/C25H38ClFO/c1-3-5-18-6-11-20(12-7-18)21-13-8-19(9-14-21)10-15-22-16-17-23(28-4-2)24(26)25(22)27/h16-21H,3-15H2,1-2H3. The Kier molecular flexibility index (Phi) is 8.51. The Morgan fingerprint density at radius 3 is 2.00 bits per heavy atom. The van der Waals surface area contributed by atoms with E-state index in [2.05, 4.69) is 6.92 Å². The largest absolute Gasteiger partial charge is 0.492 e. The quantitative estimate of drug-likeness (QED) is 0.420. The van der Waals surface area contributed by atoms with Crippen molar-refractivity contribution in [3.05, 3.63) is 28.5 Å². The Bertz CT molecular complexity index is 601. The molecule has 0 spiro atoms. The van der Waals surface area contributed by atoms with E-state index < -0.39 is 0 Å². The summed E-state index contributed by atoms with van der Waals surface area (Å²) >= 11 is 6.13. The van der Waals surface area contributed by atoms with Gasteiger partial charge in [0.05, 0.1) is 6.61 Å². The molecule has 0 aliphatic heterocycles. The van der Waals surface area contributed by atoms with Crippen molar-refractivity contribution in [2.45, 2.75) is 90.9 Å². The zero-order valence-corrected chi connectivity index (χ0v) is 18.6. The number of ether oxygens (including phenoxy) is 1. The van der Waals surface area contributed by atoms with E-state index in [1.165, 1.54) is 64.2 Å². The van der Waals surface area contributed by atoms with Crippen molar-refractivity contribution in [1.29, 1.82) is 0 Å². The Hall–Kier alpha value is -0.760. The molecule has 0 atom stereocenters. The maximum atomic E-state index is 14.5. The number of aryl methyl sites for hydroxylation is 1. The number of benzene rings is 1. The van der Waals surface area contributed by atoms with Crippen LogP contribution < -0.4 is 4.74 Å². The van der Waals surface area contributed by atoms with Gasteiger partial charge < -0.3 is 4.74 Å². The predicted octanol–water partition coefficient (Wildman–Crippen LogP) is 8.22. The van der Waals surface area contributed by atoms with Crippen LogP contribution in [0.2, 0.25) is 5.02 Å². The Labute approximate surface area is 176 Å². The summed E-state index contributed by atoms with van der Waals surface area (Å²) < 4.78 is 19.9. The molecule has 0 radical (unpaired) electrons. The number of hydrogen-bond donors (Lipinski definition) is 0. The first-order valence-corrected chi connectivity index (χ1v) is 12.1. The molecule has 0 saturated heterocycles. The highest BCUT2D eigenvalue weighted by Gasteiger charge is 2.30. The average Bonchev–Trinajstić information content (AvgIpc) is 2.72. The molecular formula is C25H38ClFO. The van der Waals surface area contributed by atoms with E-state index in [1.54, 1.807) is 0 Å². The van der Waals surface area contributed by atoms with Gasteiger partial charge in [0.15, 0.2) is 0 Å². The minimum absolute atomic E-state index is 0.140. The van der Waals surface area contributed by atoms with Gasteiger partial charge in [-0.15, -0.1) is 0 Å². The second kappa shape index (κ2) is 10.9. The second-order valence-corrected chi connectivity index (χ2v) is 9.55. The smallest absolute Gasteiger partial charge is 0.148 e. The van der Waals surface area contributed by atoms with Crippen LogP contribution in [0.5, 0.6) is 5.75 Å².